The van der Waals surface area contributed by atoms with E-state index in [1.54, 1.807) is 0 Å². The summed E-state index contributed by atoms with van der Waals surface area (Å²) in [5, 5.41) is 0. The van der Waals surface area contributed by atoms with E-state index in [1.807, 2.05) is 0 Å². The predicted molar refractivity (Wildman–Crippen MR) is 64.2 cm³/mol. The Morgan fingerprint density at radius 1 is 1.29 bits per heavy atom. The van der Waals surface area contributed by atoms with Crippen molar-refractivity contribution in [3.63, 3.8) is 0 Å². The fourth-order valence-corrected chi connectivity index (χ4v) is 1.76. The van der Waals surface area contributed by atoms with E-state index in [4.69, 9.17) is 5.73 Å². The number of nitrogens with zero attached hydrogens (tertiary/aromatic N) is 1. The van der Waals surface area contributed by atoms with E-state index >= 15 is 0 Å². The summed E-state index contributed by atoms with van der Waals surface area (Å²) < 4.78 is 64.8. The molecule has 1 atom stereocenters. The Kier molecular flexibility index (Phi) is 4.45. The number of nitrogens with two attached hydrogens (primary N) is 1. The second-order valence-electron chi connectivity index (χ2n) is 4.50. The Balaban J connectivity index is 3.73. The number of carbonyl (C=O) groups is 1. The Labute approximate surface area is 116 Å². The van der Waals surface area contributed by atoms with Gasteiger partial charge in [-0.25, -0.2) is 0 Å². The van der Waals surface area contributed by atoms with Crippen molar-refractivity contribution in [3.8, 4) is 0 Å². The largest absolute Gasteiger partial charge is 0.459 e. The van der Waals surface area contributed by atoms with Crippen molar-refractivity contribution in [1.82, 2.24) is 4.57 Å². The zero-order valence-electron chi connectivity index (χ0n) is 11.2. The lowest BCUT2D eigenvalue weighted by molar-refractivity contribution is -0.292. The summed E-state index contributed by atoms with van der Waals surface area (Å²) >= 11 is 0. The van der Waals surface area contributed by atoms with Gasteiger partial charge in [0.15, 0.2) is 0 Å². The van der Waals surface area contributed by atoms with E-state index in [9.17, 15) is 31.5 Å². The van der Waals surface area contributed by atoms with Gasteiger partial charge in [0.1, 0.15) is 11.3 Å². The molecule has 1 aromatic rings. The molecule has 118 valence electrons. The van der Waals surface area contributed by atoms with E-state index < -0.39 is 40.9 Å². The number of pyridine rings is 1. The normalized spacial score (nSPS) is 14.0. The number of alkyl halides is 5. The van der Waals surface area contributed by atoms with Crippen LogP contribution in [-0.4, -0.2) is 16.7 Å². The summed E-state index contributed by atoms with van der Waals surface area (Å²) in [6, 6.07) is 0.0275. The van der Waals surface area contributed by atoms with E-state index in [2.05, 4.69) is 0 Å². The molecule has 0 bridgehead atoms. The number of hydrogen-bond acceptors (Lipinski definition) is 2. The van der Waals surface area contributed by atoms with Gasteiger partial charge in [-0.05, 0) is 25.5 Å². The minimum Gasteiger partial charge on any atom is -0.365 e. The number of carbonyl (C=O) groups excluding carboxylic acids is 1. The summed E-state index contributed by atoms with van der Waals surface area (Å²) in [5.74, 6) is -6.41. The van der Waals surface area contributed by atoms with Crippen LogP contribution in [-0.2, 0) is 5.92 Å². The summed E-state index contributed by atoms with van der Waals surface area (Å²) in [4.78, 5) is 23.0. The molecule has 1 amide bonds. The van der Waals surface area contributed by atoms with Crippen LogP contribution < -0.4 is 11.3 Å². The molecule has 1 aromatic heterocycles. The quantitative estimate of drug-likeness (QED) is 0.868. The van der Waals surface area contributed by atoms with Crippen LogP contribution in [0.3, 0.4) is 0 Å². The molecular weight excluding hydrogens is 299 g/mol. The van der Waals surface area contributed by atoms with Gasteiger partial charge in [0.25, 0.3) is 11.5 Å². The monoisotopic (exact) mass is 312 g/mol. The van der Waals surface area contributed by atoms with Crippen LogP contribution in [0.5, 0.6) is 0 Å². The highest BCUT2D eigenvalue weighted by molar-refractivity contribution is 5.92. The standard InChI is InChI=1S/C12H13F5N2O2/c1-3-6(2)19-8(11(13,14)12(15,16)17)5-4-7(9(18)20)10(19)21/h4-6H,3H2,1-2H3,(H2,18,20). The molecular formula is C12H13F5N2O2. The zero-order valence-corrected chi connectivity index (χ0v) is 11.2. The van der Waals surface area contributed by atoms with Crippen LogP contribution in [0.4, 0.5) is 22.0 Å². The molecule has 0 aliphatic heterocycles. The summed E-state index contributed by atoms with van der Waals surface area (Å²) in [6.07, 6.45) is -5.74. The average Bonchev–Trinajstić information content (AvgIpc) is 2.35. The van der Waals surface area contributed by atoms with Crippen LogP contribution >= 0.6 is 0 Å². The van der Waals surface area contributed by atoms with E-state index in [0.29, 0.717) is 12.1 Å². The van der Waals surface area contributed by atoms with Gasteiger partial charge in [0, 0.05) is 6.04 Å². The average molecular weight is 312 g/mol. The number of halogens is 5. The fourth-order valence-electron chi connectivity index (χ4n) is 1.76. The molecule has 1 heterocycles. The Hall–Kier alpha value is -1.93. The first-order valence-electron chi connectivity index (χ1n) is 5.95. The first-order valence-corrected chi connectivity index (χ1v) is 5.95. The minimum absolute atomic E-state index is 0.114. The van der Waals surface area contributed by atoms with E-state index in [-0.39, 0.29) is 11.0 Å². The van der Waals surface area contributed by atoms with Gasteiger partial charge in [-0.2, -0.15) is 22.0 Å². The third kappa shape index (κ3) is 2.91. The Morgan fingerprint density at radius 3 is 2.19 bits per heavy atom. The molecule has 0 saturated carbocycles. The lowest BCUT2D eigenvalue weighted by Gasteiger charge is -2.26. The van der Waals surface area contributed by atoms with Gasteiger partial charge in [0.2, 0.25) is 0 Å². The van der Waals surface area contributed by atoms with Crippen LogP contribution in [0.25, 0.3) is 0 Å². The molecule has 1 unspecified atom stereocenters. The second-order valence-corrected chi connectivity index (χ2v) is 4.50. The first-order chi connectivity index (χ1) is 9.45. The maximum atomic E-state index is 13.5. The maximum Gasteiger partial charge on any atom is 0.459 e. The summed E-state index contributed by atoms with van der Waals surface area (Å²) in [7, 11) is 0. The molecule has 0 fully saturated rings. The molecule has 0 aliphatic rings. The van der Waals surface area contributed by atoms with Gasteiger partial charge in [-0.15, -0.1) is 0 Å². The number of primary amides is 1. The molecule has 0 aliphatic carbocycles. The molecule has 0 spiro atoms. The second kappa shape index (κ2) is 5.45. The van der Waals surface area contributed by atoms with Gasteiger partial charge < -0.3 is 10.3 Å². The van der Waals surface area contributed by atoms with Crippen LogP contribution in [0, 0.1) is 0 Å². The number of rotatable bonds is 4. The van der Waals surface area contributed by atoms with Gasteiger partial charge in [0.05, 0.1) is 0 Å². The van der Waals surface area contributed by atoms with Gasteiger partial charge >= 0.3 is 12.1 Å². The third-order valence-corrected chi connectivity index (χ3v) is 3.09. The highest BCUT2D eigenvalue weighted by Crippen LogP contribution is 2.44. The summed E-state index contributed by atoms with van der Waals surface area (Å²) in [6.45, 7) is 2.80. The maximum absolute atomic E-state index is 13.5. The highest BCUT2D eigenvalue weighted by Gasteiger charge is 2.60. The fraction of sp³-hybridized carbons (Fsp3) is 0.500. The lowest BCUT2D eigenvalue weighted by atomic mass is 10.1. The first kappa shape index (κ1) is 17.1. The van der Waals surface area contributed by atoms with Crippen LogP contribution in [0.1, 0.15) is 42.4 Å². The molecule has 0 aromatic carbocycles. The smallest absolute Gasteiger partial charge is 0.365 e. The molecule has 2 N–H and O–H groups in total. The highest BCUT2D eigenvalue weighted by atomic mass is 19.4. The molecule has 4 nitrogen and oxygen atoms in total. The molecule has 0 saturated heterocycles. The predicted octanol–water partition coefficient (Wildman–Crippen LogP) is 2.57. The van der Waals surface area contributed by atoms with Crippen LogP contribution in [0.15, 0.2) is 16.9 Å². The Morgan fingerprint density at radius 2 is 1.81 bits per heavy atom. The van der Waals surface area contributed by atoms with Crippen molar-refractivity contribution >= 4 is 5.91 Å². The topological polar surface area (TPSA) is 65.1 Å². The van der Waals surface area contributed by atoms with Gasteiger partial charge in [-0.1, -0.05) is 6.92 Å². The molecule has 9 heteroatoms. The lowest BCUT2D eigenvalue weighted by Crippen LogP contribution is -2.42. The van der Waals surface area contributed by atoms with Crippen molar-refractivity contribution in [2.45, 2.75) is 38.4 Å². The van der Waals surface area contributed by atoms with Crippen LogP contribution in [0.2, 0.25) is 0 Å². The Bertz CT molecular complexity index is 607. The minimum atomic E-state index is -5.86. The van der Waals surface area contributed by atoms with E-state index in [0.717, 1.165) is 0 Å². The molecule has 1 rings (SSSR count). The van der Waals surface area contributed by atoms with Crippen molar-refractivity contribution in [2.75, 3.05) is 0 Å². The zero-order chi connectivity index (χ0) is 16.6. The third-order valence-electron chi connectivity index (χ3n) is 3.09. The van der Waals surface area contributed by atoms with Crippen molar-refractivity contribution in [1.29, 1.82) is 0 Å². The number of aromatic nitrogens is 1. The molecule has 0 radical (unpaired) electrons. The van der Waals surface area contributed by atoms with Crippen molar-refractivity contribution in [2.24, 2.45) is 5.73 Å². The van der Waals surface area contributed by atoms with Crippen molar-refractivity contribution in [3.05, 3.63) is 33.7 Å². The summed E-state index contributed by atoms with van der Waals surface area (Å²) in [5.41, 5.74) is 1.49. The number of amides is 1. The van der Waals surface area contributed by atoms with Gasteiger partial charge in [-0.3, -0.25) is 9.59 Å². The SMILES string of the molecule is CCC(C)n1c(C(F)(F)C(F)(F)F)ccc(C(N)=O)c1=O. The number of hydrogen-bond donors (Lipinski definition) is 1. The van der Waals surface area contributed by atoms with Crippen molar-refractivity contribution < 1.29 is 26.7 Å². The van der Waals surface area contributed by atoms with E-state index in [1.165, 1.54) is 13.8 Å². The molecule has 21 heavy (non-hydrogen) atoms.